The van der Waals surface area contributed by atoms with Crippen LogP contribution < -0.4 is 0 Å². The van der Waals surface area contributed by atoms with Gasteiger partial charge in [0, 0.05) is 5.56 Å². The molecule has 0 aromatic heterocycles. The van der Waals surface area contributed by atoms with Crippen LogP contribution in [0.15, 0.2) is 12.1 Å². The zero-order valence-electron chi connectivity index (χ0n) is 10.7. The largest absolute Gasteiger partial charge is 0.508 e. The van der Waals surface area contributed by atoms with Gasteiger partial charge >= 0.3 is 0 Å². The van der Waals surface area contributed by atoms with Gasteiger partial charge in [-0.1, -0.05) is 34.1 Å². The molecule has 0 aliphatic rings. The summed E-state index contributed by atoms with van der Waals surface area (Å²) in [7, 11) is 0. The molecule has 2 heteroatoms. The second kappa shape index (κ2) is 4.77. The molecule has 90 valence electrons. The molecule has 0 atom stereocenters. The third-order valence-corrected chi connectivity index (χ3v) is 2.85. The van der Waals surface area contributed by atoms with Crippen molar-refractivity contribution in [3.8, 4) is 11.5 Å². The first-order valence-corrected chi connectivity index (χ1v) is 5.91. The summed E-state index contributed by atoms with van der Waals surface area (Å²) in [5.74, 6) is 0.441. The highest BCUT2D eigenvalue weighted by Gasteiger charge is 2.18. The number of unbranched alkanes of at least 4 members (excludes halogenated alkanes) is 1. The van der Waals surface area contributed by atoms with Gasteiger partial charge < -0.3 is 10.2 Å². The van der Waals surface area contributed by atoms with Crippen LogP contribution in [0.25, 0.3) is 0 Å². The van der Waals surface area contributed by atoms with Gasteiger partial charge in [-0.3, -0.25) is 0 Å². The first-order valence-electron chi connectivity index (χ1n) is 5.91. The molecule has 1 aromatic carbocycles. The van der Waals surface area contributed by atoms with E-state index in [-0.39, 0.29) is 16.9 Å². The summed E-state index contributed by atoms with van der Waals surface area (Å²) >= 11 is 0. The first kappa shape index (κ1) is 12.9. The van der Waals surface area contributed by atoms with Gasteiger partial charge in [0.05, 0.1) is 0 Å². The SMILES string of the molecule is CCCCc1c(O)cc(C(C)(C)C)cc1O. The predicted molar refractivity (Wildman–Crippen MR) is 67.1 cm³/mol. The predicted octanol–water partition coefficient (Wildman–Crippen LogP) is 3.74. The van der Waals surface area contributed by atoms with E-state index in [0.29, 0.717) is 5.56 Å². The highest BCUT2D eigenvalue weighted by molar-refractivity contribution is 5.48. The van der Waals surface area contributed by atoms with E-state index < -0.39 is 0 Å². The molecule has 2 N–H and O–H groups in total. The van der Waals surface area contributed by atoms with Gasteiger partial charge in [-0.15, -0.1) is 0 Å². The number of aromatic hydroxyl groups is 2. The maximum Gasteiger partial charge on any atom is 0.122 e. The molecule has 0 saturated carbocycles. The Morgan fingerprint density at radius 2 is 1.56 bits per heavy atom. The van der Waals surface area contributed by atoms with Gasteiger partial charge in [0.15, 0.2) is 0 Å². The Hall–Kier alpha value is -1.18. The fraction of sp³-hybridized carbons (Fsp3) is 0.571. The molecule has 1 rings (SSSR count). The molecule has 0 heterocycles. The Kier molecular flexibility index (Phi) is 3.84. The monoisotopic (exact) mass is 222 g/mol. The van der Waals surface area contributed by atoms with Gasteiger partial charge in [-0.25, -0.2) is 0 Å². The Bertz CT molecular complexity index is 338. The van der Waals surface area contributed by atoms with E-state index in [2.05, 4.69) is 27.7 Å². The molecule has 0 spiro atoms. The van der Waals surface area contributed by atoms with E-state index in [1.165, 1.54) is 0 Å². The van der Waals surface area contributed by atoms with Crippen molar-refractivity contribution in [1.82, 2.24) is 0 Å². The minimum atomic E-state index is -0.0573. The number of phenolic OH excluding ortho intramolecular Hbond substituents is 2. The lowest BCUT2D eigenvalue weighted by molar-refractivity contribution is 0.431. The van der Waals surface area contributed by atoms with E-state index in [1.807, 2.05) is 0 Å². The van der Waals surface area contributed by atoms with Crippen LogP contribution in [-0.2, 0) is 11.8 Å². The average molecular weight is 222 g/mol. The summed E-state index contributed by atoms with van der Waals surface area (Å²) in [5.41, 5.74) is 1.58. The minimum absolute atomic E-state index is 0.0573. The van der Waals surface area contributed by atoms with Gasteiger partial charge in [-0.2, -0.15) is 0 Å². The number of phenols is 2. The molecule has 16 heavy (non-hydrogen) atoms. The van der Waals surface area contributed by atoms with Crippen molar-refractivity contribution in [3.63, 3.8) is 0 Å². The Balaban J connectivity index is 3.08. The van der Waals surface area contributed by atoms with E-state index in [1.54, 1.807) is 12.1 Å². The molecule has 2 nitrogen and oxygen atoms in total. The van der Waals surface area contributed by atoms with E-state index in [9.17, 15) is 10.2 Å². The highest BCUT2D eigenvalue weighted by atomic mass is 16.3. The quantitative estimate of drug-likeness (QED) is 0.818. The Labute approximate surface area is 97.9 Å². The van der Waals surface area contributed by atoms with E-state index in [4.69, 9.17) is 0 Å². The van der Waals surface area contributed by atoms with Crippen molar-refractivity contribution in [2.45, 2.75) is 52.4 Å². The standard InChI is InChI=1S/C14H22O2/c1-5-6-7-11-12(15)8-10(9-13(11)16)14(2,3)4/h8-9,15-16H,5-7H2,1-4H3. The van der Waals surface area contributed by atoms with Crippen molar-refractivity contribution in [3.05, 3.63) is 23.3 Å². The van der Waals surface area contributed by atoms with Crippen molar-refractivity contribution in [2.24, 2.45) is 0 Å². The second-order valence-electron chi connectivity index (χ2n) is 5.35. The van der Waals surface area contributed by atoms with Gasteiger partial charge in [0.2, 0.25) is 0 Å². The number of hydrogen-bond donors (Lipinski definition) is 2. The summed E-state index contributed by atoms with van der Waals surface area (Å²) in [6.07, 6.45) is 2.77. The minimum Gasteiger partial charge on any atom is -0.508 e. The summed E-state index contributed by atoms with van der Waals surface area (Å²) in [6.45, 7) is 8.28. The molecule has 0 saturated heterocycles. The van der Waals surface area contributed by atoms with Gasteiger partial charge in [-0.05, 0) is 36.0 Å². The Morgan fingerprint density at radius 1 is 1.06 bits per heavy atom. The third kappa shape index (κ3) is 2.91. The van der Waals surface area contributed by atoms with Crippen LogP contribution in [-0.4, -0.2) is 10.2 Å². The molecule has 0 aliphatic heterocycles. The molecule has 0 radical (unpaired) electrons. The Morgan fingerprint density at radius 3 is 1.94 bits per heavy atom. The molecular formula is C14H22O2. The lowest BCUT2D eigenvalue weighted by Gasteiger charge is -2.20. The lowest BCUT2D eigenvalue weighted by Crippen LogP contribution is -2.11. The van der Waals surface area contributed by atoms with Crippen LogP contribution in [0.4, 0.5) is 0 Å². The van der Waals surface area contributed by atoms with Gasteiger partial charge in [0.1, 0.15) is 11.5 Å². The fourth-order valence-corrected chi connectivity index (χ4v) is 1.68. The summed E-state index contributed by atoms with van der Waals surface area (Å²) in [6, 6.07) is 3.54. The van der Waals surface area contributed by atoms with Crippen LogP contribution in [0.1, 0.15) is 51.7 Å². The molecule has 0 aliphatic carbocycles. The van der Waals surface area contributed by atoms with Crippen LogP contribution in [0.2, 0.25) is 0 Å². The molecule has 0 amide bonds. The third-order valence-electron chi connectivity index (χ3n) is 2.85. The smallest absolute Gasteiger partial charge is 0.122 e. The molecule has 1 aromatic rings. The number of benzene rings is 1. The summed E-state index contributed by atoms with van der Waals surface area (Å²) < 4.78 is 0. The van der Waals surface area contributed by atoms with Crippen LogP contribution in [0.3, 0.4) is 0 Å². The number of rotatable bonds is 3. The zero-order chi connectivity index (χ0) is 12.3. The van der Waals surface area contributed by atoms with Gasteiger partial charge in [0.25, 0.3) is 0 Å². The summed E-state index contributed by atoms with van der Waals surface area (Å²) in [4.78, 5) is 0. The van der Waals surface area contributed by atoms with E-state index in [0.717, 1.165) is 24.8 Å². The molecule has 0 bridgehead atoms. The summed E-state index contributed by atoms with van der Waals surface area (Å²) in [5, 5.41) is 19.8. The van der Waals surface area contributed by atoms with E-state index >= 15 is 0 Å². The molecular weight excluding hydrogens is 200 g/mol. The topological polar surface area (TPSA) is 40.5 Å². The normalized spacial score (nSPS) is 11.8. The first-order chi connectivity index (χ1) is 7.36. The highest BCUT2D eigenvalue weighted by Crippen LogP contribution is 2.35. The molecule has 0 unspecified atom stereocenters. The second-order valence-corrected chi connectivity index (χ2v) is 5.35. The zero-order valence-corrected chi connectivity index (χ0v) is 10.7. The maximum absolute atomic E-state index is 9.90. The van der Waals surface area contributed by atoms with Crippen LogP contribution in [0, 0.1) is 0 Å². The van der Waals surface area contributed by atoms with Crippen molar-refractivity contribution in [1.29, 1.82) is 0 Å². The average Bonchev–Trinajstić information content (AvgIpc) is 2.15. The lowest BCUT2D eigenvalue weighted by atomic mass is 9.85. The van der Waals surface area contributed by atoms with Crippen LogP contribution >= 0.6 is 0 Å². The van der Waals surface area contributed by atoms with Crippen molar-refractivity contribution >= 4 is 0 Å². The maximum atomic E-state index is 9.90. The van der Waals surface area contributed by atoms with Crippen LogP contribution in [0.5, 0.6) is 11.5 Å². The number of hydrogen-bond acceptors (Lipinski definition) is 2. The fourth-order valence-electron chi connectivity index (χ4n) is 1.68. The van der Waals surface area contributed by atoms with Crippen molar-refractivity contribution in [2.75, 3.05) is 0 Å². The van der Waals surface area contributed by atoms with Crippen molar-refractivity contribution < 1.29 is 10.2 Å². The molecule has 0 fully saturated rings.